The summed E-state index contributed by atoms with van der Waals surface area (Å²) in [7, 11) is 0. The zero-order valence-electron chi connectivity index (χ0n) is 11.8. The smallest absolute Gasteiger partial charge is 0.344 e. The Bertz CT molecular complexity index is 733. The van der Waals surface area contributed by atoms with Crippen molar-refractivity contribution in [2.75, 3.05) is 0 Å². The van der Waals surface area contributed by atoms with Crippen molar-refractivity contribution in [3.63, 3.8) is 0 Å². The third-order valence-electron chi connectivity index (χ3n) is 3.22. The molecule has 1 aromatic heterocycles. The van der Waals surface area contributed by atoms with Crippen LogP contribution in [0.5, 0.6) is 5.75 Å². The van der Waals surface area contributed by atoms with E-state index in [0.29, 0.717) is 29.5 Å². The van der Waals surface area contributed by atoms with E-state index in [1.54, 1.807) is 43.5 Å². The number of aliphatic carboxylic acids is 1. The molecule has 0 radical (unpaired) electrons. The Labute approximate surface area is 122 Å². The molecule has 0 fully saturated rings. The van der Waals surface area contributed by atoms with E-state index in [1.807, 2.05) is 0 Å². The van der Waals surface area contributed by atoms with Gasteiger partial charge in [0.15, 0.2) is 6.10 Å². The lowest BCUT2D eigenvalue weighted by Crippen LogP contribution is -2.26. The van der Waals surface area contributed by atoms with Crippen molar-refractivity contribution >= 4 is 16.7 Å². The van der Waals surface area contributed by atoms with E-state index in [4.69, 9.17) is 9.84 Å². The second-order valence-electron chi connectivity index (χ2n) is 4.63. The number of ether oxygens (including phenoxy) is 1. The molecule has 0 spiro atoms. The zero-order chi connectivity index (χ0) is 15.4. The molecule has 0 saturated carbocycles. The van der Waals surface area contributed by atoms with E-state index in [2.05, 4.69) is 6.58 Å². The van der Waals surface area contributed by atoms with Crippen LogP contribution in [0, 0.1) is 0 Å². The highest BCUT2D eigenvalue weighted by Crippen LogP contribution is 2.24. The number of rotatable bonds is 6. The SMILES string of the molecule is C=CCn1ccc2c(OC(CC)C(=O)O)cccc2c1=O. The van der Waals surface area contributed by atoms with Crippen LogP contribution in [-0.2, 0) is 11.3 Å². The fourth-order valence-electron chi connectivity index (χ4n) is 2.14. The summed E-state index contributed by atoms with van der Waals surface area (Å²) >= 11 is 0. The van der Waals surface area contributed by atoms with E-state index in [9.17, 15) is 9.59 Å². The van der Waals surface area contributed by atoms with Gasteiger partial charge in [-0.05, 0) is 24.6 Å². The number of carbonyl (C=O) groups is 1. The summed E-state index contributed by atoms with van der Waals surface area (Å²) < 4.78 is 7.06. The predicted octanol–water partition coefficient (Wildman–Crippen LogP) is 2.43. The highest BCUT2D eigenvalue weighted by Gasteiger charge is 2.18. The number of carboxylic acid groups (broad SMARTS) is 1. The van der Waals surface area contributed by atoms with E-state index in [0.717, 1.165) is 0 Å². The van der Waals surface area contributed by atoms with Crippen LogP contribution in [0.25, 0.3) is 10.8 Å². The molecule has 1 heterocycles. The van der Waals surface area contributed by atoms with Crippen LogP contribution in [0.4, 0.5) is 0 Å². The second-order valence-corrected chi connectivity index (χ2v) is 4.63. The largest absolute Gasteiger partial charge is 0.479 e. The number of hydrogen-bond acceptors (Lipinski definition) is 3. The van der Waals surface area contributed by atoms with Gasteiger partial charge in [0, 0.05) is 18.1 Å². The minimum Gasteiger partial charge on any atom is -0.479 e. The molecule has 0 aliphatic rings. The van der Waals surface area contributed by atoms with E-state index < -0.39 is 12.1 Å². The molecule has 2 aromatic rings. The van der Waals surface area contributed by atoms with Gasteiger partial charge in [0.05, 0.1) is 5.39 Å². The van der Waals surface area contributed by atoms with Gasteiger partial charge in [-0.1, -0.05) is 19.1 Å². The average molecular weight is 287 g/mol. The molecule has 0 saturated heterocycles. The molecule has 0 aliphatic heterocycles. The van der Waals surface area contributed by atoms with Crippen LogP contribution in [0.1, 0.15) is 13.3 Å². The first-order chi connectivity index (χ1) is 10.1. The zero-order valence-corrected chi connectivity index (χ0v) is 11.8. The first kappa shape index (κ1) is 14.8. The van der Waals surface area contributed by atoms with Crippen LogP contribution in [0.3, 0.4) is 0 Å². The molecule has 0 amide bonds. The Morgan fingerprint density at radius 1 is 1.43 bits per heavy atom. The van der Waals surface area contributed by atoms with Crippen LogP contribution in [0.2, 0.25) is 0 Å². The van der Waals surface area contributed by atoms with Crippen LogP contribution in [0.15, 0.2) is 47.9 Å². The molecular weight excluding hydrogens is 270 g/mol. The van der Waals surface area contributed by atoms with E-state index in [1.165, 1.54) is 4.57 Å². The lowest BCUT2D eigenvalue weighted by atomic mass is 10.1. The summed E-state index contributed by atoms with van der Waals surface area (Å²) in [6.45, 7) is 5.78. The third-order valence-corrected chi connectivity index (χ3v) is 3.22. The maximum absolute atomic E-state index is 12.3. The van der Waals surface area contributed by atoms with Crippen molar-refractivity contribution in [2.24, 2.45) is 0 Å². The van der Waals surface area contributed by atoms with Crippen LogP contribution < -0.4 is 10.3 Å². The monoisotopic (exact) mass is 287 g/mol. The van der Waals surface area contributed by atoms with Crippen LogP contribution >= 0.6 is 0 Å². The normalized spacial score (nSPS) is 12.0. The highest BCUT2D eigenvalue weighted by molar-refractivity contribution is 5.87. The molecule has 1 atom stereocenters. The number of hydrogen-bond donors (Lipinski definition) is 1. The Morgan fingerprint density at radius 3 is 2.81 bits per heavy atom. The molecule has 0 bridgehead atoms. The van der Waals surface area contributed by atoms with Crippen molar-refractivity contribution in [3.05, 3.63) is 53.5 Å². The number of allylic oxidation sites excluding steroid dienone is 1. The van der Waals surface area contributed by atoms with Gasteiger partial charge in [-0.25, -0.2) is 4.79 Å². The molecule has 1 unspecified atom stereocenters. The number of nitrogens with zero attached hydrogens (tertiary/aromatic N) is 1. The topological polar surface area (TPSA) is 68.5 Å². The molecule has 2 rings (SSSR count). The Hall–Kier alpha value is -2.56. The van der Waals surface area contributed by atoms with Crippen molar-refractivity contribution in [3.8, 4) is 5.75 Å². The van der Waals surface area contributed by atoms with Gasteiger partial charge in [0.1, 0.15) is 5.75 Å². The van der Waals surface area contributed by atoms with Gasteiger partial charge >= 0.3 is 5.97 Å². The predicted molar refractivity (Wildman–Crippen MR) is 80.7 cm³/mol. The molecule has 5 heteroatoms. The molecule has 1 N–H and O–H groups in total. The summed E-state index contributed by atoms with van der Waals surface area (Å²) in [6.07, 6.45) is 2.72. The maximum atomic E-state index is 12.3. The van der Waals surface area contributed by atoms with Crippen LogP contribution in [-0.4, -0.2) is 21.7 Å². The fraction of sp³-hybridized carbons (Fsp3) is 0.250. The standard InChI is InChI=1S/C16H17NO4/c1-3-9-17-10-8-11-12(15(17)18)6-5-7-14(11)21-13(4-2)16(19)20/h3,5-8,10,13H,1,4,9H2,2H3,(H,19,20). The number of fused-ring (bicyclic) bond motifs is 1. The van der Waals surface area contributed by atoms with Gasteiger partial charge in [-0.2, -0.15) is 0 Å². The second kappa shape index (κ2) is 6.26. The molecule has 5 nitrogen and oxygen atoms in total. The first-order valence-corrected chi connectivity index (χ1v) is 6.71. The minimum absolute atomic E-state index is 0.152. The van der Waals surface area contributed by atoms with Gasteiger partial charge in [-0.3, -0.25) is 4.79 Å². The number of pyridine rings is 1. The number of aromatic nitrogens is 1. The molecular formula is C16H17NO4. The van der Waals surface area contributed by atoms with Crippen molar-refractivity contribution in [1.82, 2.24) is 4.57 Å². The van der Waals surface area contributed by atoms with E-state index >= 15 is 0 Å². The molecule has 21 heavy (non-hydrogen) atoms. The lowest BCUT2D eigenvalue weighted by molar-refractivity contribution is -0.145. The van der Waals surface area contributed by atoms with Gasteiger partial charge in [0.25, 0.3) is 5.56 Å². The first-order valence-electron chi connectivity index (χ1n) is 6.71. The maximum Gasteiger partial charge on any atom is 0.344 e. The summed E-state index contributed by atoms with van der Waals surface area (Å²) in [5.74, 6) is -0.612. The quantitative estimate of drug-likeness (QED) is 0.828. The Kier molecular flexibility index (Phi) is 4.42. The van der Waals surface area contributed by atoms with Gasteiger partial charge in [-0.15, -0.1) is 6.58 Å². The lowest BCUT2D eigenvalue weighted by Gasteiger charge is -2.15. The summed E-state index contributed by atoms with van der Waals surface area (Å²) in [4.78, 5) is 23.4. The van der Waals surface area contributed by atoms with Gasteiger partial charge in [0.2, 0.25) is 0 Å². The number of benzene rings is 1. The van der Waals surface area contributed by atoms with Crippen molar-refractivity contribution in [2.45, 2.75) is 26.0 Å². The summed E-state index contributed by atoms with van der Waals surface area (Å²) in [5.41, 5.74) is -0.152. The fourth-order valence-corrected chi connectivity index (χ4v) is 2.14. The summed E-state index contributed by atoms with van der Waals surface area (Å²) in [5, 5.41) is 10.2. The highest BCUT2D eigenvalue weighted by atomic mass is 16.5. The minimum atomic E-state index is -1.02. The Balaban J connectivity index is 2.52. The summed E-state index contributed by atoms with van der Waals surface area (Å²) in [6, 6.07) is 6.81. The molecule has 0 aliphatic carbocycles. The average Bonchev–Trinajstić information content (AvgIpc) is 2.47. The Morgan fingerprint density at radius 2 is 2.19 bits per heavy atom. The van der Waals surface area contributed by atoms with Crippen molar-refractivity contribution < 1.29 is 14.6 Å². The third kappa shape index (κ3) is 2.97. The van der Waals surface area contributed by atoms with Gasteiger partial charge < -0.3 is 14.4 Å². The number of carboxylic acids is 1. The van der Waals surface area contributed by atoms with Crippen molar-refractivity contribution in [1.29, 1.82) is 0 Å². The molecule has 110 valence electrons. The van der Waals surface area contributed by atoms with E-state index in [-0.39, 0.29) is 5.56 Å². The molecule has 1 aromatic carbocycles.